The minimum atomic E-state index is -0.145. The lowest BCUT2D eigenvalue weighted by Gasteiger charge is -2.13. The van der Waals surface area contributed by atoms with E-state index < -0.39 is 0 Å². The summed E-state index contributed by atoms with van der Waals surface area (Å²) >= 11 is 7.76. The predicted molar refractivity (Wildman–Crippen MR) is 80.5 cm³/mol. The Morgan fingerprint density at radius 3 is 2.60 bits per heavy atom. The summed E-state index contributed by atoms with van der Waals surface area (Å²) in [6, 6.07) is 5.48. The number of methoxy groups -OCH3 is 1. The van der Waals surface area contributed by atoms with E-state index in [9.17, 15) is 9.59 Å². The topological polar surface area (TPSA) is 43.4 Å². The molecule has 0 heterocycles. The maximum atomic E-state index is 11.4. The lowest BCUT2D eigenvalue weighted by molar-refractivity contribution is -0.141. The van der Waals surface area contributed by atoms with Crippen molar-refractivity contribution in [2.75, 3.05) is 12.9 Å². The molecular weight excluding hydrogens is 296 g/mol. The van der Waals surface area contributed by atoms with E-state index in [0.29, 0.717) is 17.0 Å². The third-order valence-electron chi connectivity index (χ3n) is 3.57. The number of carbonyl (C=O) groups is 2. The predicted octanol–water partition coefficient (Wildman–Crippen LogP) is 3.98. The summed E-state index contributed by atoms with van der Waals surface area (Å²) in [6.45, 7) is 1.50. The van der Waals surface area contributed by atoms with Crippen LogP contribution >= 0.6 is 23.4 Å². The van der Waals surface area contributed by atoms with Gasteiger partial charge in [0, 0.05) is 16.2 Å². The van der Waals surface area contributed by atoms with Gasteiger partial charge in [0.25, 0.3) is 0 Å². The van der Waals surface area contributed by atoms with Gasteiger partial charge in [0.05, 0.1) is 18.6 Å². The van der Waals surface area contributed by atoms with E-state index >= 15 is 0 Å². The molecule has 1 fully saturated rings. The van der Waals surface area contributed by atoms with Crippen LogP contribution in [-0.2, 0) is 9.53 Å². The van der Waals surface area contributed by atoms with Crippen molar-refractivity contribution in [3.05, 3.63) is 28.8 Å². The molecular formula is C15H17ClO3S. The van der Waals surface area contributed by atoms with Gasteiger partial charge in [-0.05, 0) is 43.4 Å². The van der Waals surface area contributed by atoms with Gasteiger partial charge >= 0.3 is 5.97 Å². The Balaban J connectivity index is 1.96. The third kappa shape index (κ3) is 3.76. The second kappa shape index (κ2) is 6.19. The van der Waals surface area contributed by atoms with Crippen LogP contribution in [0, 0.1) is 5.41 Å². The number of halogens is 1. The van der Waals surface area contributed by atoms with E-state index in [1.807, 2.05) is 12.1 Å². The molecule has 20 heavy (non-hydrogen) atoms. The van der Waals surface area contributed by atoms with E-state index in [0.717, 1.165) is 23.5 Å². The van der Waals surface area contributed by atoms with Crippen LogP contribution < -0.4 is 0 Å². The molecule has 0 N–H and O–H groups in total. The van der Waals surface area contributed by atoms with Crippen LogP contribution in [0.2, 0.25) is 5.02 Å². The number of rotatable bonds is 6. The highest BCUT2D eigenvalue weighted by molar-refractivity contribution is 7.99. The lowest BCUT2D eigenvalue weighted by Crippen LogP contribution is -2.12. The molecule has 1 aromatic rings. The Labute approximate surface area is 128 Å². The molecule has 1 aliphatic rings. The van der Waals surface area contributed by atoms with Crippen LogP contribution in [0.1, 0.15) is 36.5 Å². The van der Waals surface area contributed by atoms with Gasteiger partial charge in [-0.15, -0.1) is 11.8 Å². The zero-order valence-electron chi connectivity index (χ0n) is 11.6. The Bertz CT molecular complexity index is 538. The number of benzene rings is 1. The molecule has 0 radical (unpaired) electrons. The Kier molecular flexibility index (Phi) is 4.76. The SMILES string of the molecule is COC(=O)CC1(CSc2ccc(C(C)=O)c(Cl)c2)CC1. The molecule has 3 nitrogen and oxygen atoms in total. The molecule has 0 spiro atoms. The number of ketones is 1. The molecule has 0 amide bonds. The summed E-state index contributed by atoms with van der Waals surface area (Å²) in [7, 11) is 1.42. The van der Waals surface area contributed by atoms with E-state index in [1.54, 1.807) is 17.8 Å². The van der Waals surface area contributed by atoms with Gasteiger partial charge in [-0.25, -0.2) is 0 Å². The van der Waals surface area contributed by atoms with Crippen LogP contribution in [0.25, 0.3) is 0 Å². The minimum absolute atomic E-state index is 0.0316. The van der Waals surface area contributed by atoms with Crippen molar-refractivity contribution in [1.82, 2.24) is 0 Å². The van der Waals surface area contributed by atoms with Crippen molar-refractivity contribution in [2.45, 2.75) is 31.1 Å². The highest BCUT2D eigenvalue weighted by Crippen LogP contribution is 2.52. The fourth-order valence-corrected chi connectivity index (χ4v) is 3.64. The minimum Gasteiger partial charge on any atom is -0.469 e. The van der Waals surface area contributed by atoms with Crippen molar-refractivity contribution in [3.8, 4) is 0 Å². The van der Waals surface area contributed by atoms with Gasteiger partial charge < -0.3 is 4.74 Å². The van der Waals surface area contributed by atoms with E-state index in [2.05, 4.69) is 0 Å². The molecule has 0 bridgehead atoms. The standard InChI is InChI=1S/C15H17ClO3S/c1-10(17)12-4-3-11(7-13(12)16)20-9-15(5-6-15)8-14(18)19-2/h3-4,7H,5-6,8-9H2,1-2H3. The first-order chi connectivity index (χ1) is 9.46. The summed E-state index contributed by atoms with van der Waals surface area (Å²) in [5.74, 6) is 0.696. The lowest BCUT2D eigenvalue weighted by atomic mass is 10.1. The highest BCUT2D eigenvalue weighted by atomic mass is 35.5. The van der Waals surface area contributed by atoms with Crippen LogP contribution in [0.5, 0.6) is 0 Å². The van der Waals surface area contributed by atoms with Crippen LogP contribution in [0.15, 0.2) is 23.1 Å². The Hall–Kier alpha value is -1.00. The number of esters is 1. The zero-order valence-corrected chi connectivity index (χ0v) is 13.1. The van der Waals surface area contributed by atoms with Crippen molar-refractivity contribution < 1.29 is 14.3 Å². The number of thioether (sulfide) groups is 1. The molecule has 1 aromatic carbocycles. The van der Waals surface area contributed by atoms with Gasteiger partial charge in [0.2, 0.25) is 0 Å². The first-order valence-electron chi connectivity index (χ1n) is 6.46. The second-order valence-electron chi connectivity index (χ2n) is 5.24. The van der Waals surface area contributed by atoms with Gasteiger partial charge in [0.15, 0.2) is 5.78 Å². The van der Waals surface area contributed by atoms with E-state index in [4.69, 9.17) is 16.3 Å². The second-order valence-corrected chi connectivity index (χ2v) is 6.70. The molecule has 2 rings (SSSR count). The first kappa shape index (κ1) is 15.4. The average Bonchev–Trinajstić information content (AvgIpc) is 3.16. The quantitative estimate of drug-likeness (QED) is 0.453. The largest absolute Gasteiger partial charge is 0.469 e. The molecule has 0 atom stereocenters. The summed E-state index contributed by atoms with van der Waals surface area (Å²) in [5, 5.41) is 0.486. The zero-order chi connectivity index (χ0) is 14.8. The molecule has 1 aliphatic carbocycles. The van der Waals surface area contributed by atoms with E-state index in [-0.39, 0.29) is 17.2 Å². The van der Waals surface area contributed by atoms with Crippen LogP contribution in [0.4, 0.5) is 0 Å². The van der Waals surface area contributed by atoms with Gasteiger partial charge in [-0.2, -0.15) is 0 Å². The van der Waals surface area contributed by atoms with Crippen molar-refractivity contribution in [3.63, 3.8) is 0 Å². The number of Topliss-reactive ketones (excluding diaryl/α,β-unsaturated/α-hetero) is 1. The van der Waals surface area contributed by atoms with Crippen molar-refractivity contribution >= 4 is 35.1 Å². The molecule has 0 aliphatic heterocycles. The summed E-state index contributed by atoms with van der Waals surface area (Å²) in [6.07, 6.45) is 2.61. The smallest absolute Gasteiger partial charge is 0.306 e. The maximum absolute atomic E-state index is 11.4. The number of carbonyl (C=O) groups excluding carboxylic acids is 2. The molecule has 5 heteroatoms. The molecule has 0 aromatic heterocycles. The third-order valence-corrected chi connectivity index (χ3v) is 5.23. The molecule has 108 valence electrons. The number of ether oxygens (including phenoxy) is 1. The Morgan fingerprint density at radius 2 is 2.10 bits per heavy atom. The van der Waals surface area contributed by atoms with Gasteiger partial charge in [-0.3, -0.25) is 9.59 Å². The summed E-state index contributed by atoms with van der Waals surface area (Å²) in [5.41, 5.74) is 0.635. The van der Waals surface area contributed by atoms with Gasteiger partial charge in [-0.1, -0.05) is 11.6 Å². The number of hydrogen-bond donors (Lipinski definition) is 0. The fourth-order valence-electron chi connectivity index (χ4n) is 2.03. The molecule has 0 saturated heterocycles. The number of hydrogen-bond acceptors (Lipinski definition) is 4. The average molecular weight is 313 g/mol. The fraction of sp³-hybridized carbons (Fsp3) is 0.467. The molecule has 1 saturated carbocycles. The normalized spacial score (nSPS) is 15.8. The van der Waals surface area contributed by atoms with Crippen molar-refractivity contribution in [2.24, 2.45) is 5.41 Å². The van der Waals surface area contributed by atoms with Gasteiger partial charge in [0.1, 0.15) is 0 Å². The molecule has 0 unspecified atom stereocenters. The van der Waals surface area contributed by atoms with Crippen LogP contribution in [0.3, 0.4) is 0 Å². The highest BCUT2D eigenvalue weighted by Gasteiger charge is 2.44. The Morgan fingerprint density at radius 1 is 1.40 bits per heavy atom. The summed E-state index contributed by atoms with van der Waals surface area (Å²) < 4.78 is 4.73. The monoisotopic (exact) mass is 312 g/mol. The first-order valence-corrected chi connectivity index (χ1v) is 7.82. The summed E-state index contributed by atoms with van der Waals surface area (Å²) in [4.78, 5) is 23.7. The van der Waals surface area contributed by atoms with Crippen LogP contribution in [-0.4, -0.2) is 24.6 Å². The maximum Gasteiger partial charge on any atom is 0.306 e. The van der Waals surface area contributed by atoms with Crippen molar-refractivity contribution in [1.29, 1.82) is 0 Å². The van der Waals surface area contributed by atoms with E-state index in [1.165, 1.54) is 14.0 Å².